The standard InChI is InChI=1S/C16H23NO2/c1-16(7-6-13(11-16)17-2)12-4-5-14-15(10-12)19-9-3-8-18-14/h4-5,10,13,17H,3,6-9,11H2,1-2H3. The molecule has 0 aromatic heterocycles. The van der Waals surface area contributed by atoms with Gasteiger partial charge < -0.3 is 14.8 Å². The van der Waals surface area contributed by atoms with E-state index in [0.717, 1.165) is 31.1 Å². The van der Waals surface area contributed by atoms with Crippen molar-refractivity contribution >= 4 is 0 Å². The van der Waals surface area contributed by atoms with Crippen molar-refractivity contribution in [3.05, 3.63) is 23.8 Å². The van der Waals surface area contributed by atoms with Gasteiger partial charge in [-0.1, -0.05) is 13.0 Å². The second-order valence-corrected chi connectivity index (χ2v) is 6.00. The first-order chi connectivity index (χ1) is 9.21. The summed E-state index contributed by atoms with van der Waals surface area (Å²) in [6.07, 6.45) is 4.64. The number of hydrogen-bond acceptors (Lipinski definition) is 3. The summed E-state index contributed by atoms with van der Waals surface area (Å²) in [5.74, 6) is 1.82. The van der Waals surface area contributed by atoms with Crippen LogP contribution in [0, 0.1) is 0 Å². The maximum atomic E-state index is 5.81. The summed E-state index contributed by atoms with van der Waals surface area (Å²) >= 11 is 0. The fourth-order valence-electron chi connectivity index (χ4n) is 3.29. The number of benzene rings is 1. The molecule has 1 fully saturated rings. The molecule has 1 N–H and O–H groups in total. The third-order valence-electron chi connectivity index (χ3n) is 4.59. The summed E-state index contributed by atoms with van der Waals surface area (Å²) in [7, 11) is 2.06. The molecule has 1 aromatic rings. The second-order valence-electron chi connectivity index (χ2n) is 6.00. The Balaban J connectivity index is 1.87. The normalized spacial score (nSPS) is 30.1. The van der Waals surface area contributed by atoms with Crippen LogP contribution in [0.25, 0.3) is 0 Å². The van der Waals surface area contributed by atoms with Crippen molar-refractivity contribution in [1.29, 1.82) is 0 Å². The molecule has 1 heterocycles. The van der Waals surface area contributed by atoms with Gasteiger partial charge in [0.25, 0.3) is 0 Å². The topological polar surface area (TPSA) is 30.5 Å². The molecule has 0 saturated heterocycles. The zero-order chi connectivity index (χ0) is 13.3. The molecule has 0 spiro atoms. The first kappa shape index (κ1) is 12.8. The van der Waals surface area contributed by atoms with Crippen LogP contribution in [0.2, 0.25) is 0 Å². The Morgan fingerprint density at radius 2 is 2.00 bits per heavy atom. The minimum absolute atomic E-state index is 0.262. The van der Waals surface area contributed by atoms with Gasteiger partial charge in [0.05, 0.1) is 13.2 Å². The fraction of sp³-hybridized carbons (Fsp3) is 0.625. The van der Waals surface area contributed by atoms with Gasteiger partial charge in [-0.25, -0.2) is 0 Å². The van der Waals surface area contributed by atoms with E-state index in [1.807, 2.05) is 0 Å². The van der Waals surface area contributed by atoms with E-state index in [0.29, 0.717) is 6.04 Å². The molecule has 3 nitrogen and oxygen atoms in total. The maximum Gasteiger partial charge on any atom is 0.161 e. The fourth-order valence-corrected chi connectivity index (χ4v) is 3.29. The van der Waals surface area contributed by atoms with Crippen LogP contribution in [-0.4, -0.2) is 26.3 Å². The molecule has 104 valence electrons. The van der Waals surface area contributed by atoms with Crippen LogP contribution in [0.15, 0.2) is 18.2 Å². The summed E-state index contributed by atoms with van der Waals surface area (Å²) < 4.78 is 11.5. The van der Waals surface area contributed by atoms with E-state index >= 15 is 0 Å². The number of hydrogen-bond donors (Lipinski definition) is 1. The van der Waals surface area contributed by atoms with Crippen molar-refractivity contribution in [3.8, 4) is 11.5 Å². The summed E-state index contributed by atoms with van der Waals surface area (Å²) in [6.45, 7) is 3.88. The van der Waals surface area contributed by atoms with E-state index in [1.54, 1.807) is 0 Å². The average Bonchev–Trinajstić information content (AvgIpc) is 2.68. The van der Waals surface area contributed by atoms with Gasteiger partial charge in [-0.15, -0.1) is 0 Å². The molecule has 2 atom stereocenters. The third-order valence-corrected chi connectivity index (χ3v) is 4.59. The summed E-state index contributed by atoms with van der Waals surface area (Å²) in [4.78, 5) is 0. The summed E-state index contributed by atoms with van der Waals surface area (Å²) in [5.41, 5.74) is 1.65. The molecule has 1 aliphatic heterocycles. The lowest BCUT2D eigenvalue weighted by Gasteiger charge is -2.26. The Labute approximate surface area is 115 Å². The van der Waals surface area contributed by atoms with Crippen molar-refractivity contribution in [2.24, 2.45) is 0 Å². The van der Waals surface area contributed by atoms with Gasteiger partial charge in [0.1, 0.15) is 0 Å². The predicted octanol–water partition coefficient (Wildman–Crippen LogP) is 2.88. The number of nitrogens with one attached hydrogen (secondary N) is 1. The van der Waals surface area contributed by atoms with Gasteiger partial charge >= 0.3 is 0 Å². The zero-order valence-electron chi connectivity index (χ0n) is 11.9. The van der Waals surface area contributed by atoms with Crippen LogP contribution in [0.1, 0.15) is 38.2 Å². The highest BCUT2D eigenvalue weighted by molar-refractivity contribution is 5.45. The quantitative estimate of drug-likeness (QED) is 0.888. The summed E-state index contributed by atoms with van der Waals surface area (Å²) in [5, 5.41) is 3.41. The Kier molecular flexibility index (Phi) is 3.40. The van der Waals surface area contributed by atoms with Gasteiger partial charge in [0.15, 0.2) is 11.5 Å². The van der Waals surface area contributed by atoms with E-state index < -0.39 is 0 Å². The Morgan fingerprint density at radius 3 is 2.74 bits per heavy atom. The van der Waals surface area contributed by atoms with Crippen LogP contribution in [0.5, 0.6) is 11.5 Å². The lowest BCUT2D eigenvalue weighted by atomic mass is 9.80. The monoisotopic (exact) mass is 261 g/mol. The molecule has 0 radical (unpaired) electrons. The number of rotatable bonds is 2. The Bertz CT molecular complexity index is 460. The molecule has 2 unspecified atom stereocenters. The van der Waals surface area contributed by atoms with Gasteiger partial charge in [0, 0.05) is 12.5 Å². The first-order valence-electron chi connectivity index (χ1n) is 7.29. The molecule has 1 aromatic carbocycles. The third kappa shape index (κ3) is 2.44. The van der Waals surface area contributed by atoms with Crippen molar-refractivity contribution in [3.63, 3.8) is 0 Å². The van der Waals surface area contributed by atoms with Crippen LogP contribution >= 0.6 is 0 Å². The lowest BCUT2D eigenvalue weighted by Crippen LogP contribution is -2.25. The minimum Gasteiger partial charge on any atom is -0.490 e. The molecular formula is C16H23NO2. The molecule has 1 saturated carbocycles. The number of fused-ring (bicyclic) bond motifs is 1. The highest BCUT2D eigenvalue weighted by atomic mass is 16.5. The van der Waals surface area contributed by atoms with Crippen molar-refractivity contribution in [2.45, 2.75) is 44.1 Å². The van der Waals surface area contributed by atoms with E-state index in [2.05, 4.69) is 37.5 Å². The van der Waals surface area contributed by atoms with Crippen molar-refractivity contribution < 1.29 is 9.47 Å². The molecular weight excluding hydrogens is 238 g/mol. The smallest absolute Gasteiger partial charge is 0.161 e. The van der Waals surface area contributed by atoms with Gasteiger partial charge in [0.2, 0.25) is 0 Å². The lowest BCUT2D eigenvalue weighted by molar-refractivity contribution is 0.296. The van der Waals surface area contributed by atoms with Crippen LogP contribution in [0.3, 0.4) is 0 Å². The van der Waals surface area contributed by atoms with E-state index in [4.69, 9.17) is 9.47 Å². The van der Waals surface area contributed by atoms with Crippen LogP contribution < -0.4 is 14.8 Å². The van der Waals surface area contributed by atoms with Gasteiger partial charge in [-0.05, 0) is 49.4 Å². The zero-order valence-corrected chi connectivity index (χ0v) is 11.9. The molecule has 2 aliphatic rings. The van der Waals surface area contributed by atoms with Gasteiger partial charge in [-0.2, -0.15) is 0 Å². The molecule has 3 rings (SSSR count). The molecule has 19 heavy (non-hydrogen) atoms. The summed E-state index contributed by atoms with van der Waals surface area (Å²) in [6, 6.07) is 7.12. The van der Waals surface area contributed by atoms with Gasteiger partial charge in [-0.3, -0.25) is 0 Å². The van der Waals surface area contributed by atoms with Crippen LogP contribution in [-0.2, 0) is 5.41 Å². The van der Waals surface area contributed by atoms with E-state index in [9.17, 15) is 0 Å². The molecule has 0 bridgehead atoms. The predicted molar refractivity (Wildman–Crippen MR) is 76.1 cm³/mol. The number of ether oxygens (including phenoxy) is 2. The molecule has 0 amide bonds. The molecule has 3 heteroatoms. The highest BCUT2D eigenvalue weighted by Crippen LogP contribution is 2.43. The largest absolute Gasteiger partial charge is 0.490 e. The van der Waals surface area contributed by atoms with E-state index in [-0.39, 0.29) is 5.41 Å². The molecule has 1 aliphatic carbocycles. The first-order valence-corrected chi connectivity index (χ1v) is 7.29. The Hall–Kier alpha value is -1.22. The van der Waals surface area contributed by atoms with Crippen LogP contribution in [0.4, 0.5) is 0 Å². The SMILES string of the molecule is CNC1CCC(C)(c2ccc3c(c2)OCCCO3)C1. The minimum atomic E-state index is 0.262. The second kappa shape index (κ2) is 5.04. The van der Waals surface area contributed by atoms with Crippen molar-refractivity contribution in [1.82, 2.24) is 5.32 Å². The average molecular weight is 261 g/mol. The Morgan fingerprint density at radius 1 is 1.21 bits per heavy atom. The van der Waals surface area contributed by atoms with E-state index in [1.165, 1.54) is 24.8 Å². The van der Waals surface area contributed by atoms with Crippen molar-refractivity contribution in [2.75, 3.05) is 20.3 Å². The highest BCUT2D eigenvalue weighted by Gasteiger charge is 2.36. The maximum absolute atomic E-state index is 5.81.